The molecule has 1 aromatic carbocycles. The van der Waals surface area contributed by atoms with Crippen molar-refractivity contribution < 1.29 is 9.53 Å². The summed E-state index contributed by atoms with van der Waals surface area (Å²) in [5.74, 6) is 3.32. The molecular formula is C28H43N3O2. The van der Waals surface area contributed by atoms with Crippen LogP contribution in [0, 0.1) is 17.8 Å². The predicted molar refractivity (Wildman–Crippen MR) is 135 cm³/mol. The second-order valence-electron chi connectivity index (χ2n) is 11.0. The topological polar surface area (TPSA) is 62.4 Å². The number of benzene rings is 1. The van der Waals surface area contributed by atoms with Crippen LogP contribution in [-0.2, 0) is 0 Å². The zero-order chi connectivity index (χ0) is 23.4. The third-order valence-corrected chi connectivity index (χ3v) is 8.37. The largest absolute Gasteiger partial charge is 0.490 e. The van der Waals surface area contributed by atoms with Crippen molar-refractivity contribution in [1.82, 2.24) is 16.0 Å². The minimum absolute atomic E-state index is 0.0110. The first-order valence-electron chi connectivity index (χ1n) is 13.1. The third-order valence-electron chi connectivity index (χ3n) is 8.37. The smallest absolute Gasteiger partial charge is 0.315 e. The van der Waals surface area contributed by atoms with E-state index in [2.05, 4.69) is 36.4 Å². The first-order chi connectivity index (χ1) is 15.9. The predicted octanol–water partition coefficient (Wildman–Crippen LogP) is 5.86. The van der Waals surface area contributed by atoms with Gasteiger partial charge in [0.2, 0.25) is 0 Å². The van der Waals surface area contributed by atoms with Gasteiger partial charge in [0.1, 0.15) is 5.75 Å². The highest BCUT2D eigenvalue weighted by atomic mass is 16.5. The van der Waals surface area contributed by atoms with Crippen molar-refractivity contribution in [2.24, 2.45) is 17.8 Å². The molecule has 3 fully saturated rings. The highest BCUT2D eigenvalue weighted by molar-refractivity contribution is 5.75. The molecule has 2 amide bonds. The zero-order valence-electron chi connectivity index (χ0n) is 20.8. The normalized spacial score (nSPS) is 33.6. The van der Waals surface area contributed by atoms with Crippen LogP contribution in [0.1, 0.15) is 83.6 Å². The summed E-state index contributed by atoms with van der Waals surface area (Å²) < 4.78 is 6.20. The van der Waals surface area contributed by atoms with Crippen molar-refractivity contribution in [1.29, 1.82) is 0 Å². The Balaban J connectivity index is 1.22. The maximum absolute atomic E-state index is 12.9. The molecule has 2 unspecified atom stereocenters. The van der Waals surface area contributed by atoms with Crippen LogP contribution < -0.4 is 20.7 Å². The lowest BCUT2D eigenvalue weighted by molar-refractivity contribution is 0.0661. The maximum Gasteiger partial charge on any atom is 0.315 e. The number of hydrogen-bond donors (Lipinski definition) is 3. The van der Waals surface area contributed by atoms with E-state index in [0.29, 0.717) is 0 Å². The van der Waals surface area contributed by atoms with Crippen LogP contribution in [0.2, 0.25) is 0 Å². The van der Waals surface area contributed by atoms with E-state index in [1.165, 1.54) is 19.3 Å². The summed E-state index contributed by atoms with van der Waals surface area (Å²) in [5, 5.41) is 9.81. The molecule has 0 spiro atoms. The Labute approximate surface area is 200 Å². The number of carbonyl (C=O) groups is 1. The summed E-state index contributed by atoms with van der Waals surface area (Å²) in [6, 6.07) is 8.38. The number of ether oxygens (including phenoxy) is 1. The fourth-order valence-corrected chi connectivity index (χ4v) is 6.76. The third kappa shape index (κ3) is 6.04. The van der Waals surface area contributed by atoms with Crippen LogP contribution in [0.25, 0.3) is 5.70 Å². The van der Waals surface area contributed by atoms with E-state index in [1.54, 1.807) is 0 Å². The Morgan fingerprint density at radius 1 is 1.06 bits per heavy atom. The van der Waals surface area contributed by atoms with E-state index in [4.69, 9.17) is 4.74 Å². The molecule has 4 rings (SSSR count). The number of hydrogen-bond acceptors (Lipinski definition) is 3. The molecular weight excluding hydrogens is 410 g/mol. The van der Waals surface area contributed by atoms with Crippen LogP contribution >= 0.6 is 0 Å². The summed E-state index contributed by atoms with van der Waals surface area (Å²) in [7, 11) is 1.88. The van der Waals surface area contributed by atoms with Gasteiger partial charge in [-0.25, -0.2) is 4.79 Å². The van der Waals surface area contributed by atoms with Crippen molar-refractivity contribution in [3.63, 3.8) is 0 Å². The average molecular weight is 454 g/mol. The van der Waals surface area contributed by atoms with Crippen LogP contribution in [0.5, 0.6) is 5.75 Å². The van der Waals surface area contributed by atoms with E-state index in [9.17, 15) is 4.79 Å². The standard InChI is InChI=1S/C28H43N3O2/c1-5-28(17-21-14-19(2)15-22(16-21)18-28)31-27(32)30-24-8-12-26(13-9-24)33-25-10-6-23(7-11-25)20(3)29-4/h6-7,10-11,19,21-22,24,26,29H,3,5,8-9,12-18H2,1-2,4H3,(H2,30,31,32). The molecule has 3 aliphatic rings. The Morgan fingerprint density at radius 3 is 2.27 bits per heavy atom. The zero-order valence-corrected chi connectivity index (χ0v) is 20.8. The maximum atomic E-state index is 12.9. The summed E-state index contributed by atoms with van der Waals surface area (Å²) >= 11 is 0. The second kappa shape index (κ2) is 10.4. The molecule has 5 heteroatoms. The minimum Gasteiger partial charge on any atom is -0.490 e. The van der Waals surface area contributed by atoms with Gasteiger partial charge in [-0.1, -0.05) is 20.4 Å². The van der Waals surface area contributed by atoms with Crippen LogP contribution in [0.4, 0.5) is 4.79 Å². The van der Waals surface area contributed by atoms with Gasteiger partial charge in [0.05, 0.1) is 6.10 Å². The molecule has 3 saturated carbocycles. The van der Waals surface area contributed by atoms with E-state index >= 15 is 0 Å². The molecule has 2 bridgehead atoms. The first kappa shape index (κ1) is 24.0. The summed E-state index contributed by atoms with van der Waals surface area (Å²) in [4.78, 5) is 12.9. The van der Waals surface area contributed by atoms with Gasteiger partial charge in [0, 0.05) is 24.3 Å². The van der Waals surface area contributed by atoms with Gasteiger partial charge in [0.15, 0.2) is 0 Å². The van der Waals surface area contributed by atoms with Gasteiger partial charge < -0.3 is 20.7 Å². The number of urea groups is 1. The van der Waals surface area contributed by atoms with Gasteiger partial charge in [-0.3, -0.25) is 0 Å². The Bertz CT molecular complexity index is 795. The quantitative estimate of drug-likeness (QED) is 0.484. The van der Waals surface area contributed by atoms with Crippen molar-refractivity contribution >= 4 is 11.7 Å². The molecule has 3 N–H and O–H groups in total. The Morgan fingerprint density at radius 2 is 1.70 bits per heavy atom. The number of amides is 2. The number of fused-ring (bicyclic) bond motifs is 2. The molecule has 182 valence electrons. The molecule has 0 saturated heterocycles. The van der Waals surface area contributed by atoms with Crippen LogP contribution in [-0.4, -0.2) is 30.8 Å². The molecule has 3 aliphatic carbocycles. The lowest BCUT2D eigenvalue weighted by atomic mass is 9.61. The lowest BCUT2D eigenvalue weighted by Gasteiger charge is -2.49. The van der Waals surface area contributed by atoms with Gasteiger partial charge in [-0.2, -0.15) is 0 Å². The van der Waals surface area contributed by atoms with E-state index in [1.807, 2.05) is 31.3 Å². The fraction of sp³-hybridized carbons (Fsp3) is 0.679. The Kier molecular flexibility index (Phi) is 7.55. The lowest BCUT2D eigenvalue weighted by Crippen LogP contribution is -2.58. The monoisotopic (exact) mass is 453 g/mol. The molecule has 5 nitrogen and oxygen atoms in total. The molecule has 33 heavy (non-hydrogen) atoms. The fourth-order valence-electron chi connectivity index (χ4n) is 6.76. The van der Waals surface area contributed by atoms with Gasteiger partial charge >= 0.3 is 6.03 Å². The van der Waals surface area contributed by atoms with Gasteiger partial charge in [0.25, 0.3) is 0 Å². The summed E-state index contributed by atoms with van der Waals surface area (Å²) in [6.45, 7) is 8.63. The molecule has 2 atom stereocenters. The van der Waals surface area contributed by atoms with Gasteiger partial charge in [-0.15, -0.1) is 0 Å². The number of nitrogens with one attached hydrogen (secondary N) is 3. The SMILES string of the molecule is C=C(NC)c1ccc(OC2CCC(NC(=O)NC3(CC)CC4CC(C)CC(C4)C3)CC2)cc1. The average Bonchev–Trinajstić information content (AvgIpc) is 2.79. The van der Waals surface area contributed by atoms with Crippen molar-refractivity contribution in [2.75, 3.05) is 7.05 Å². The molecule has 0 radical (unpaired) electrons. The summed E-state index contributed by atoms with van der Waals surface area (Å²) in [6.07, 6.45) is 11.5. The van der Waals surface area contributed by atoms with E-state index in [-0.39, 0.29) is 23.7 Å². The van der Waals surface area contributed by atoms with E-state index in [0.717, 1.165) is 79.7 Å². The number of rotatable bonds is 7. The highest BCUT2D eigenvalue weighted by Crippen LogP contribution is 2.47. The highest BCUT2D eigenvalue weighted by Gasteiger charge is 2.43. The minimum atomic E-state index is -0.0110. The van der Waals surface area contributed by atoms with E-state index < -0.39 is 0 Å². The molecule has 0 aliphatic heterocycles. The van der Waals surface area contributed by atoms with Crippen molar-refractivity contribution in [2.45, 2.75) is 95.7 Å². The summed E-state index contributed by atoms with van der Waals surface area (Å²) in [5.41, 5.74) is 1.97. The van der Waals surface area contributed by atoms with Gasteiger partial charge in [-0.05, 0) is 112 Å². The molecule has 1 aromatic rings. The number of carbonyl (C=O) groups excluding carboxylic acids is 1. The first-order valence-corrected chi connectivity index (χ1v) is 13.1. The second-order valence-corrected chi connectivity index (χ2v) is 11.0. The molecule has 0 heterocycles. The molecule has 0 aromatic heterocycles. The van der Waals surface area contributed by atoms with Crippen LogP contribution in [0.15, 0.2) is 30.8 Å². The Hall–Kier alpha value is -2.17. The van der Waals surface area contributed by atoms with Crippen molar-refractivity contribution in [3.05, 3.63) is 36.4 Å². The van der Waals surface area contributed by atoms with Crippen molar-refractivity contribution in [3.8, 4) is 5.75 Å². The van der Waals surface area contributed by atoms with Crippen LogP contribution in [0.3, 0.4) is 0 Å².